The molecule has 0 radical (unpaired) electrons. The van der Waals surface area contributed by atoms with Gasteiger partial charge in [0.05, 0.1) is 17.6 Å². The van der Waals surface area contributed by atoms with E-state index in [2.05, 4.69) is 29.5 Å². The van der Waals surface area contributed by atoms with Gasteiger partial charge in [-0.3, -0.25) is 9.78 Å². The summed E-state index contributed by atoms with van der Waals surface area (Å²) in [5.41, 5.74) is 7.06. The van der Waals surface area contributed by atoms with Crippen molar-refractivity contribution < 1.29 is 4.79 Å². The number of fused-ring (bicyclic) bond motifs is 1. The fraction of sp³-hybridized carbons (Fsp3) is 0.182. The van der Waals surface area contributed by atoms with E-state index in [1.54, 1.807) is 6.20 Å². The maximum Gasteiger partial charge on any atom is 0.258 e. The van der Waals surface area contributed by atoms with Crippen LogP contribution in [0.4, 0.5) is 5.69 Å². The molecule has 0 fully saturated rings. The predicted octanol–water partition coefficient (Wildman–Crippen LogP) is 4.40. The molecule has 1 aliphatic heterocycles. The van der Waals surface area contributed by atoms with E-state index < -0.39 is 0 Å². The number of carbonyl (C=O) groups excluding carboxylic acids is 1. The number of para-hydroxylation sites is 1. The van der Waals surface area contributed by atoms with Crippen LogP contribution in [-0.4, -0.2) is 22.0 Å². The molecule has 0 atom stereocenters. The van der Waals surface area contributed by atoms with E-state index in [9.17, 15) is 4.79 Å². The number of amides is 1. The molecule has 4 heteroatoms. The lowest BCUT2D eigenvalue weighted by molar-refractivity contribution is -0.112. The molecule has 1 aliphatic rings. The highest BCUT2D eigenvalue weighted by molar-refractivity contribution is 6.35. The third-order valence-corrected chi connectivity index (χ3v) is 4.95. The standard InChI is InChI=1S/C22H21N3O/c1-4-24-21-10-6-5-9-19(21)20(22(24)26)13-17-12-15(2)25(16(17)3)18-8-7-11-23-14-18/h5-14H,4H2,1-3H3/b20-13-. The van der Waals surface area contributed by atoms with Crippen molar-refractivity contribution >= 4 is 23.2 Å². The zero-order chi connectivity index (χ0) is 18.3. The summed E-state index contributed by atoms with van der Waals surface area (Å²) in [6, 6.07) is 14.1. The smallest absolute Gasteiger partial charge is 0.258 e. The molecule has 26 heavy (non-hydrogen) atoms. The van der Waals surface area contributed by atoms with Crippen molar-refractivity contribution in [3.05, 3.63) is 77.4 Å². The number of hydrogen-bond donors (Lipinski definition) is 0. The highest BCUT2D eigenvalue weighted by Crippen LogP contribution is 2.38. The number of aryl methyl sites for hydroxylation is 1. The van der Waals surface area contributed by atoms with Crippen LogP contribution in [0.2, 0.25) is 0 Å². The number of carbonyl (C=O) groups is 1. The summed E-state index contributed by atoms with van der Waals surface area (Å²) in [4.78, 5) is 19.0. The molecule has 4 nitrogen and oxygen atoms in total. The average Bonchev–Trinajstić information content (AvgIpc) is 3.09. The van der Waals surface area contributed by atoms with Crippen LogP contribution in [0.25, 0.3) is 17.3 Å². The van der Waals surface area contributed by atoms with Crippen LogP contribution < -0.4 is 4.90 Å². The van der Waals surface area contributed by atoms with Crippen molar-refractivity contribution in [1.29, 1.82) is 0 Å². The lowest BCUT2D eigenvalue weighted by Gasteiger charge is -2.13. The Morgan fingerprint density at radius 1 is 1.12 bits per heavy atom. The molecule has 130 valence electrons. The van der Waals surface area contributed by atoms with Gasteiger partial charge < -0.3 is 9.47 Å². The number of likely N-dealkylation sites (N-methyl/N-ethyl adjacent to an activating group) is 1. The minimum Gasteiger partial charge on any atom is -0.316 e. The highest BCUT2D eigenvalue weighted by atomic mass is 16.2. The Balaban J connectivity index is 1.84. The molecule has 1 amide bonds. The number of hydrogen-bond acceptors (Lipinski definition) is 2. The van der Waals surface area contributed by atoms with Crippen LogP contribution in [0.15, 0.2) is 54.9 Å². The lowest BCUT2D eigenvalue weighted by Crippen LogP contribution is -2.25. The summed E-state index contributed by atoms with van der Waals surface area (Å²) in [5, 5.41) is 0. The number of benzene rings is 1. The molecule has 0 bridgehead atoms. The summed E-state index contributed by atoms with van der Waals surface area (Å²) >= 11 is 0. The van der Waals surface area contributed by atoms with Crippen LogP contribution in [0.1, 0.15) is 29.4 Å². The summed E-state index contributed by atoms with van der Waals surface area (Å²) in [6.07, 6.45) is 5.64. The van der Waals surface area contributed by atoms with Gasteiger partial charge in [0, 0.05) is 35.3 Å². The summed E-state index contributed by atoms with van der Waals surface area (Å²) in [5.74, 6) is 0.0693. The number of anilines is 1. The van der Waals surface area contributed by atoms with Gasteiger partial charge in [-0.25, -0.2) is 0 Å². The molecule has 3 heterocycles. The first kappa shape index (κ1) is 16.3. The molecule has 0 unspecified atom stereocenters. The van der Waals surface area contributed by atoms with Gasteiger partial charge in [0.15, 0.2) is 0 Å². The second-order valence-corrected chi connectivity index (χ2v) is 6.50. The number of aromatic nitrogens is 2. The molecule has 0 saturated carbocycles. The molecule has 3 aromatic rings. The van der Waals surface area contributed by atoms with E-state index in [0.29, 0.717) is 6.54 Å². The summed E-state index contributed by atoms with van der Waals surface area (Å²) in [7, 11) is 0. The first-order chi connectivity index (χ1) is 12.6. The zero-order valence-electron chi connectivity index (χ0n) is 15.2. The normalized spacial score (nSPS) is 15.0. The number of nitrogens with zero attached hydrogens (tertiary/aromatic N) is 3. The Labute approximate surface area is 153 Å². The van der Waals surface area contributed by atoms with Crippen molar-refractivity contribution in [3.8, 4) is 5.69 Å². The van der Waals surface area contributed by atoms with E-state index >= 15 is 0 Å². The minimum absolute atomic E-state index is 0.0693. The van der Waals surface area contributed by atoms with Crippen molar-refractivity contribution in [2.24, 2.45) is 0 Å². The zero-order valence-corrected chi connectivity index (χ0v) is 15.2. The van der Waals surface area contributed by atoms with Gasteiger partial charge in [0.25, 0.3) is 5.91 Å². The van der Waals surface area contributed by atoms with E-state index in [1.165, 1.54) is 0 Å². The number of pyridine rings is 1. The summed E-state index contributed by atoms with van der Waals surface area (Å²) in [6.45, 7) is 6.83. The Morgan fingerprint density at radius 2 is 1.92 bits per heavy atom. The van der Waals surface area contributed by atoms with Gasteiger partial charge in [-0.15, -0.1) is 0 Å². The maximum atomic E-state index is 12.9. The van der Waals surface area contributed by atoms with Gasteiger partial charge in [-0.05, 0) is 56.7 Å². The molecule has 0 spiro atoms. The van der Waals surface area contributed by atoms with Crippen molar-refractivity contribution in [1.82, 2.24) is 9.55 Å². The van der Waals surface area contributed by atoms with Crippen molar-refractivity contribution in [2.75, 3.05) is 11.4 Å². The SMILES string of the molecule is CCN1C(=O)/C(=C\c2cc(C)n(-c3cccnc3)c2C)c2ccccc21. The number of rotatable bonds is 3. The Bertz CT molecular complexity index is 1020. The third-order valence-electron chi connectivity index (χ3n) is 4.95. The van der Waals surface area contributed by atoms with Crippen LogP contribution in [-0.2, 0) is 4.79 Å². The van der Waals surface area contributed by atoms with Gasteiger partial charge >= 0.3 is 0 Å². The van der Waals surface area contributed by atoms with Crippen LogP contribution in [0, 0.1) is 13.8 Å². The molecule has 4 rings (SSSR count). The minimum atomic E-state index is 0.0693. The first-order valence-electron chi connectivity index (χ1n) is 8.84. The van der Waals surface area contributed by atoms with Gasteiger partial charge in [0.1, 0.15) is 0 Å². The second-order valence-electron chi connectivity index (χ2n) is 6.50. The van der Waals surface area contributed by atoms with Gasteiger partial charge in [-0.1, -0.05) is 18.2 Å². The van der Waals surface area contributed by atoms with Crippen molar-refractivity contribution in [2.45, 2.75) is 20.8 Å². The van der Waals surface area contributed by atoms with E-state index in [0.717, 1.165) is 39.5 Å². The molecular weight excluding hydrogens is 322 g/mol. The van der Waals surface area contributed by atoms with Gasteiger partial charge in [-0.2, -0.15) is 0 Å². The Hall–Kier alpha value is -3.14. The predicted molar refractivity (Wildman–Crippen MR) is 105 cm³/mol. The Kier molecular flexibility index (Phi) is 3.96. The van der Waals surface area contributed by atoms with E-state index in [-0.39, 0.29) is 5.91 Å². The molecule has 1 aromatic carbocycles. The lowest BCUT2D eigenvalue weighted by atomic mass is 10.0. The van der Waals surface area contributed by atoms with Crippen LogP contribution >= 0.6 is 0 Å². The first-order valence-corrected chi connectivity index (χ1v) is 8.84. The van der Waals surface area contributed by atoms with E-state index in [1.807, 2.05) is 60.5 Å². The average molecular weight is 343 g/mol. The fourth-order valence-electron chi connectivity index (χ4n) is 3.73. The molecule has 0 saturated heterocycles. The monoisotopic (exact) mass is 343 g/mol. The van der Waals surface area contributed by atoms with Gasteiger partial charge in [0.2, 0.25) is 0 Å². The largest absolute Gasteiger partial charge is 0.316 e. The topological polar surface area (TPSA) is 38.1 Å². The maximum absolute atomic E-state index is 12.9. The van der Waals surface area contributed by atoms with Crippen molar-refractivity contribution in [3.63, 3.8) is 0 Å². The summed E-state index contributed by atoms with van der Waals surface area (Å²) < 4.78 is 2.17. The molecule has 0 aliphatic carbocycles. The third kappa shape index (κ3) is 2.46. The molecule has 2 aromatic heterocycles. The second kappa shape index (κ2) is 6.30. The fourth-order valence-corrected chi connectivity index (χ4v) is 3.73. The van der Waals surface area contributed by atoms with Crippen LogP contribution in [0.5, 0.6) is 0 Å². The van der Waals surface area contributed by atoms with Crippen LogP contribution in [0.3, 0.4) is 0 Å². The highest BCUT2D eigenvalue weighted by Gasteiger charge is 2.31. The quantitative estimate of drug-likeness (QED) is 0.661. The van der Waals surface area contributed by atoms with E-state index in [4.69, 9.17) is 0 Å². The Morgan fingerprint density at radius 3 is 2.65 bits per heavy atom. The molecular formula is C22H21N3O. The molecule has 0 N–H and O–H groups in total.